The third-order valence-electron chi connectivity index (χ3n) is 4.55. The molecule has 0 fully saturated rings. The predicted octanol–water partition coefficient (Wildman–Crippen LogP) is 4.55. The molecule has 7 heteroatoms. The van der Waals surface area contributed by atoms with Crippen LogP contribution < -0.4 is 5.32 Å². The Labute approximate surface area is 171 Å². The number of hydrogen-bond donors (Lipinski definition) is 2. The first-order valence-corrected chi connectivity index (χ1v) is 9.33. The molecule has 0 saturated heterocycles. The number of carbonyl (C=O) groups excluding carboxylic acids is 2. The summed E-state index contributed by atoms with van der Waals surface area (Å²) in [5.41, 5.74) is 2.60. The number of ether oxygens (including phenoxy) is 1. The molecule has 0 bridgehead atoms. The van der Waals surface area contributed by atoms with Crippen LogP contribution in [0.4, 0.5) is 10.1 Å². The number of anilines is 1. The molecule has 30 heavy (non-hydrogen) atoms. The number of benzene rings is 3. The number of para-hydroxylation sites is 1. The topological polar surface area (TPSA) is 84.1 Å². The van der Waals surface area contributed by atoms with E-state index < -0.39 is 23.8 Å². The smallest absolute Gasteiger partial charge is 0.338 e. The normalized spacial score (nSPS) is 11.8. The Hall–Kier alpha value is -4.00. The van der Waals surface area contributed by atoms with Gasteiger partial charge in [-0.3, -0.25) is 4.79 Å². The summed E-state index contributed by atoms with van der Waals surface area (Å²) in [7, 11) is 0. The van der Waals surface area contributed by atoms with Crippen molar-refractivity contribution < 1.29 is 18.7 Å². The summed E-state index contributed by atoms with van der Waals surface area (Å²) in [6, 6.07) is 20.3. The molecule has 0 aliphatic heterocycles. The van der Waals surface area contributed by atoms with Crippen molar-refractivity contribution >= 4 is 28.6 Å². The standard InChI is InChI=1S/C23H18FN3O3/c1-14(22(28)27-18-10-6-5-9-17(18)24)30-23(29)16-11-12-19-20(13-16)26-21(25-19)15-7-3-2-4-8-15/h2-14H,1H3,(H,25,26)(H,27,28). The Morgan fingerprint density at radius 3 is 2.53 bits per heavy atom. The van der Waals surface area contributed by atoms with Crippen LogP contribution in [0.2, 0.25) is 0 Å². The summed E-state index contributed by atoms with van der Waals surface area (Å²) in [5.74, 6) is -1.16. The highest BCUT2D eigenvalue weighted by Crippen LogP contribution is 2.21. The lowest BCUT2D eigenvalue weighted by Gasteiger charge is -2.14. The Kier molecular flexibility index (Phi) is 5.26. The third-order valence-corrected chi connectivity index (χ3v) is 4.55. The van der Waals surface area contributed by atoms with E-state index in [0.29, 0.717) is 16.9 Å². The number of halogens is 1. The number of aromatic nitrogens is 2. The van der Waals surface area contributed by atoms with Gasteiger partial charge in [0.2, 0.25) is 0 Å². The van der Waals surface area contributed by atoms with E-state index in [1.54, 1.807) is 24.3 Å². The summed E-state index contributed by atoms with van der Waals surface area (Å²) in [6.07, 6.45) is -1.10. The fourth-order valence-corrected chi connectivity index (χ4v) is 2.95. The number of nitrogens with zero attached hydrogens (tertiary/aromatic N) is 1. The second-order valence-corrected chi connectivity index (χ2v) is 6.70. The van der Waals surface area contributed by atoms with Gasteiger partial charge in [-0.25, -0.2) is 14.2 Å². The number of carbonyl (C=O) groups is 2. The number of H-pyrrole nitrogens is 1. The molecule has 1 aromatic heterocycles. The summed E-state index contributed by atoms with van der Waals surface area (Å²) in [5, 5.41) is 2.41. The molecule has 0 aliphatic carbocycles. The van der Waals surface area contributed by atoms with Gasteiger partial charge in [-0.2, -0.15) is 0 Å². The molecular formula is C23H18FN3O3. The minimum atomic E-state index is -1.10. The molecule has 2 N–H and O–H groups in total. The van der Waals surface area contributed by atoms with E-state index in [1.807, 2.05) is 30.3 Å². The van der Waals surface area contributed by atoms with Crippen molar-refractivity contribution in [2.45, 2.75) is 13.0 Å². The summed E-state index contributed by atoms with van der Waals surface area (Å²) >= 11 is 0. The van der Waals surface area contributed by atoms with Crippen LogP contribution in [0.3, 0.4) is 0 Å². The van der Waals surface area contributed by atoms with Crippen LogP contribution in [0.15, 0.2) is 72.8 Å². The van der Waals surface area contributed by atoms with Gasteiger partial charge in [0.15, 0.2) is 6.10 Å². The molecule has 150 valence electrons. The molecule has 1 unspecified atom stereocenters. The number of hydrogen-bond acceptors (Lipinski definition) is 4. The highest BCUT2D eigenvalue weighted by Gasteiger charge is 2.20. The van der Waals surface area contributed by atoms with Crippen molar-refractivity contribution in [2.75, 3.05) is 5.32 Å². The highest BCUT2D eigenvalue weighted by atomic mass is 19.1. The fourth-order valence-electron chi connectivity index (χ4n) is 2.95. The third kappa shape index (κ3) is 4.05. The SMILES string of the molecule is CC(OC(=O)c1ccc2nc(-c3ccccc3)[nH]c2c1)C(=O)Nc1ccccc1F. The number of rotatable bonds is 5. The molecular weight excluding hydrogens is 385 g/mol. The molecule has 0 aliphatic rings. The molecule has 0 spiro atoms. The van der Waals surface area contributed by atoms with Crippen molar-refractivity contribution in [1.82, 2.24) is 9.97 Å². The van der Waals surface area contributed by atoms with Crippen LogP contribution in [-0.4, -0.2) is 27.9 Å². The Balaban J connectivity index is 1.47. The Morgan fingerprint density at radius 1 is 1.03 bits per heavy atom. The summed E-state index contributed by atoms with van der Waals surface area (Å²) in [4.78, 5) is 32.4. The van der Waals surface area contributed by atoms with Gasteiger partial charge in [0.1, 0.15) is 11.6 Å². The van der Waals surface area contributed by atoms with Crippen molar-refractivity contribution in [1.29, 1.82) is 0 Å². The molecule has 1 atom stereocenters. The second-order valence-electron chi connectivity index (χ2n) is 6.70. The van der Waals surface area contributed by atoms with E-state index >= 15 is 0 Å². The zero-order valence-corrected chi connectivity index (χ0v) is 16.1. The minimum absolute atomic E-state index is 0.0257. The molecule has 6 nitrogen and oxygen atoms in total. The van der Waals surface area contributed by atoms with Gasteiger partial charge in [0, 0.05) is 5.56 Å². The Morgan fingerprint density at radius 2 is 1.77 bits per heavy atom. The van der Waals surface area contributed by atoms with E-state index in [-0.39, 0.29) is 11.3 Å². The first-order valence-electron chi connectivity index (χ1n) is 9.33. The maximum atomic E-state index is 13.7. The van der Waals surface area contributed by atoms with E-state index in [2.05, 4.69) is 15.3 Å². The molecule has 1 amide bonds. The van der Waals surface area contributed by atoms with Gasteiger partial charge in [-0.1, -0.05) is 42.5 Å². The number of fused-ring (bicyclic) bond motifs is 1. The molecule has 0 radical (unpaired) electrons. The van der Waals surface area contributed by atoms with Gasteiger partial charge in [-0.15, -0.1) is 0 Å². The van der Waals surface area contributed by atoms with Crippen molar-refractivity contribution in [3.8, 4) is 11.4 Å². The molecule has 4 aromatic rings. The molecule has 3 aromatic carbocycles. The van der Waals surface area contributed by atoms with E-state index in [4.69, 9.17) is 4.74 Å². The lowest BCUT2D eigenvalue weighted by Crippen LogP contribution is -2.30. The first kappa shape index (κ1) is 19.3. The maximum absolute atomic E-state index is 13.7. The number of imidazole rings is 1. The van der Waals surface area contributed by atoms with Crippen LogP contribution >= 0.6 is 0 Å². The quantitative estimate of drug-likeness (QED) is 0.479. The molecule has 4 rings (SSSR count). The zero-order valence-electron chi connectivity index (χ0n) is 16.1. The van der Waals surface area contributed by atoms with Gasteiger partial charge < -0.3 is 15.0 Å². The lowest BCUT2D eigenvalue weighted by atomic mass is 10.2. The van der Waals surface area contributed by atoms with Crippen LogP contribution in [0.1, 0.15) is 17.3 Å². The van der Waals surface area contributed by atoms with Crippen LogP contribution in [0.25, 0.3) is 22.4 Å². The van der Waals surface area contributed by atoms with Crippen molar-refractivity contribution in [3.05, 3.63) is 84.2 Å². The predicted molar refractivity (Wildman–Crippen MR) is 111 cm³/mol. The largest absolute Gasteiger partial charge is 0.449 e. The number of aromatic amines is 1. The monoisotopic (exact) mass is 403 g/mol. The average molecular weight is 403 g/mol. The molecule has 1 heterocycles. The van der Waals surface area contributed by atoms with E-state index in [1.165, 1.54) is 25.1 Å². The second kappa shape index (κ2) is 8.16. The first-order chi connectivity index (χ1) is 14.5. The van der Waals surface area contributed by atoms with Gasteiger partial charge in [0.25, 0.3) is 5.91 Å². The maximum Gasteiger partial charge on any atom is 0.338 e. The summed E-state index contributed by atoms with van der Waals surface area (Å²) < 4.78 is 18.9. The van der Waals surface area contributed by atoms with Gasteiger partial charge >= 0.3 is 5.97 Å². The lowest BCUT2D eigenvalue weighted by molar-refractivity contribution is -0.123. The summed E-state index contributed by atoms with van der Waals surface area (Å²) in [6.45, 7) is 1.43. The molecule has 0 saturated carbocycles. The van der Waals surface area contributed by atoms with Crippen molar-refractivity contribution in [2.24, 2.45) is 0 Å². The number of esters is 1. The van der Waals surface area contributed by atoms with Crippen LogP contribution in [0.5, 0.6) is 0 Å². The highest BCUT2D eigenvalue weighted by molar-refractivity contribution is 5.98. The van der Waals surface area contributed by atoms with Gasteiger partial charge in [-0.05, 0) is 37.3 Å². The number of amides is 1. The minimum Gasteiger partial charge on any atom is -0.449 e. The number of nitrogens with one attached hydrogen (secondary N) is 2. The fraction of sp³-hybridized carbons (Fsp3) is 0.0870. The van der Waals surface area contributed by atoms with Crippen LogP contribution in [0, 0.1) is 5.82 Å². The Bertz CT molecular complexity index is 1220. The zero-order chi connectivity index (χ0) is 21.1. The van der Waals surface area contributed by atoms with Gasteiger partial charge in [0.05, 0.1) is 22.3 Å². The van der Waals surface area contributed by atoms with E-state index in [9.17, 15) is 14.0 Å². The van der Waals surface area contributed by atoms with E-state index in [0.717, 1.165) is 5.56 Å². The van der Waals surface area contributed by atoms with Crippen molar-refractivity contribution in [3.63, 3.8) is 0 Å². The van der Waals surface area contributed by atoms with Crippen LogP contribution in [-0.2, 0) is 9.53 Å². The average Bonchev–Trinajstić information content (AvgIpc) is 3.19.